The summed E-state index contributed by atoms with van der Waals surface area (Å²) in [5, 5.41) is 3.97. The monoisotopic (exact) mass is 263 g/mol. The van der Waals surface area contributed by atoms with Gasteiger partial charge in [0.25, 0.3) is 0 Å². The third kappa shape index (κ3) is 2.90. The average Bonchev–Trinajstić information content (AvgIpc) is 2.41. The molecule has 18 heavy (non-hydrogen) atoms. The minimum absolute atomic E-state index is 0.611. The lowest BCUT2D eigenvalue weighted by Crippen LogP contribution is -2.03. The number of halogens is 1. The molecule has 0 fully saturated rings. The largest absolute Gasteiger partial charge is 0.495 e. The van der Waals surface area contributed by atoms with Gasteiger partial charge in [0.1, 0.15) is 12.1 Å². The summed E-state index contributed by atoms with van der Waals surface area (Å²) in [4.78, 5) is 8.03. The highest BCUT2D eigenvalue weighted by Crippen LogP contribution is 2.31. The van der Waals surface area contributed by atoms with Crippen molar-refractivity contribution >= 4 is 17.3 Å². The molecule has 1 N–H and O–H groups in total. The van der Waals surface area contributed by atoms with Gasteiger partial charge in [0.05, 0.1) is 25.0 Å². The molecule has 0 saturated heterocycles. The normalized spacial score (nSPS) is 10.2. The smallest absolute Gasteiger partial charge is 0.143 e. The molecule has 94 valence electrons. The lowest BCUT2D eigenvalue weighted by Gasteiger charge is -2.12. The van der Waals surface area contributed by atoms with Crippen molar-refractivity contribution in [2.75, 3.05) is 12.4 Å². The number of nitrogens with one attached hydrogen (secondary N) is 1. The second-order valence-electron chi connectivity index (χ2n) is 3.86. The molecule has 0 aliphatic rings. The molecule has 0 atom stereocenters. The number of aromatic nitrogens is 2. The number of hydrogen-bond donors (Lipinski definition) is 1. The molecule has 2 aromatic rings. The number of anilines is 1. The topological polar surface area (TPSA) is 47.0 Å². The number of aryl methyl sites for hydroxylation is 1. The van der Waals surface area contributed by atoms with E-state index >= 15 is 0 Å². The van der Waals surface area contributed by atoms with Crippen LogP contribution in [0.3, 0.4) is 0 Å². The SMILES string of the molecule is COc1cc(Cl)c(C)cc1NCc1ccncn1. The van der Waals surface area contributed by atoms with E-state index in [2.05, 4.69) is 15.3 Å². The summed E-state index contributed by atoms with van der Waals surface area (Å²) >= 11 is 6.05. The molecular weight excluding hydrogens is 250 g/mol. The van der Waals surface area contributed by atoms with Crippen molar-refractivity contribution in [2.24, 2.45) is 0 Å². The van der Waals surface area contributed by atoms with Gasteiger partial charge in [-0.3, -0.25) is 0 Å². The van der Waals surface area contributed by atoms with Crippen molar-refractivity contribution in [3.63, 3.8) is 0 Å². The molecule has 4 nitrogen and oxygen atoms in total. The predicted molar refractivity (Wildman–Crippen MR) is 72.1 cm³/mol. The lowest BCUT2D eigenvalue weighted by atomic mass is 10.2. The van der Waals surface area contributed by atoms with Gasteiger partial charge < -0.3 is 10.1 Å². The van der Waals surface area contributed by atoms with E-state index in [0.29, 0.717) is 11.6 Å². The third-order valence-corrected chi connectivity index (χ3v) is 2.99. The molecule has 0 radical (unpaired) electrons. The summed E-state index contributed by atoms with van der Waals surface area (Å²) in [5.41, 5.74) is 2.82. The minimum Gasteiger partial charge on any atom is -0.495 e. The summed E-state index contributed by atoms with van der Waals surface area (Å²) in [7, 11) is 1.62. The molecule has 0 aliphatic carbocycles. The molecule has 0 saturated carbocycles. The van der Waals surface area contributed by atoms with Gasteiger partial charge in [-0.25, -0.2) is 9.97 Å². The first kappa shape index (κ1) is 12.6. The van der Waals surface area contributed by atoms with E-state index < -0.39 is 0 Å². The number of benzene rings is 1. The van der Waals surface area contributed by atoms with E-state index in [-0.39, 0.29) is 0 Å². The van der Waals surface area contributed by atoms with E-state index in [1.165, 1.54) is 6.33 Å². The molecular formula is C13H14ClN3O. The maximum absolute atomic E-state index is 6.05. The Morgan fingerprint density at radius 2 is 2.22 bits per heavy atom. The zero-order chi connectivity index (χ0) is 13.0. The number of rotatable bonds is 4. The maximum Gasteiger partial charge on any atom is 0.143 e. The van der Waals surface area contributed by atoms with Crippen molar-refractivity contribution < 1.29 is 4.74 Å². The first-order chi connectivity index (χ1) is 8.70. The van der Waals surface area contributed by atoms with E-state index in [0.717, 1.165) is 22.7 Å². The maximum atomic E-state index is 6.05. The van der Waals surface area contributed by atoms with Crippen molar-refractivity contribution in [3.05, 3.63) is 47.0 Å². The molecule has 1 aromatic heterocycles. The highest BCUT2D eigenvalue weighted by atomic mass is 35.5. The molecule has 1 aromatic carbocycles. The third-order valence-electron chi connectivity index (χ3n) is 2.58. The van der Waals surface area contributed by atoms with Crippen LogP contribution in [0.5, 0.6) is 5.75 Å². The molecule has 0 bridgehead atoms. The molecule has 0 spiro atoms. The first-order valence-electron chi connectivity index (χ1n) is 5.53. The minimum atomic E-state index is 0.611. The molecule has 0 unspecified atom stereocenters. The predicted octanol–water partition coefficient (Wildman–Crippen LogP) is 3.06. The molecule has 1 heterocycles. The molecule has 0 amide bonds. The second-order valence-corrected chi connectivity index (χ2v) is 4.26. The van der Waals surface area contributed by atoms with Crippen molar-refractivity contribution in [3.8, 4) is 5.75 Å². The Kier molecular flexibility index (Phi) is 3.99. The fraction of sp³-hybridized carbons (Fsp3) is 0.231. The molecule has 5 heteroatoms. The van der Waals surface area contributed by atoms with Crippen LogP contribution in [0.25, 0.3) is 0 Å². The van der Waals surface area contributed by atoms with Crippen molar-refractivity contribution in [1.82, 2.24) is 9.97 Å². The van der Waals surface area contributed by atoms with Gasteiger partial charge in [-0.05, 0) is 24.6 Å². The zero-order valence-corrected chi connectivity index (χ0v) is 11.0. The standard InChI is InChI=1S/C13H14ClN3O/c1-9-5-12(13(18-2)6-11(9)14)16-7-10-3-4-15-8-17-10/h3-6,8,16H,7H2,1-2H3. The Morgan fingerprint density at radius 3 is 2.89 bits per heavy atom. The van der Waals surface area contributed by atoms with E-state index in [4.69, 9.17) is 16.3 Å². The quantitative estimate of drug-likeness (QED) is 0.921. The molecule has 2 rings (SSSR count). The number of nitrogens with zero attached hydrogens (tertiary/aromatic N) is 2. The van der Waals surface area contributed by atoms with Gasteiger partial charge in [0.2, 0.25) is 0 Å². The fourth-order valence-corrected chi connectivity index (χ4v) is 1.73. The van der Waals surface area contributed by atoms with E-state index in [1.54, 1.807) is 19.4 Å². The van der Waals surface area contributed by atoms with Crippen LogP contribution in [-0.4, -0.2) is 17.1 Å². The fourth-order valence-electron chi connectivity index (χ4n) is 1.58. The van der Waals surface area contributed by atoms with Gasteiger partial charge in [-0.1, -0.05) is 11.6 Å². The molecule has 0 aliphatic heterocycles. The Bertz CT molecular complexity index is 531. The van der Waals surface area contributed by atoms with Crippen LogP contribution in [0, 0.1) is 6.92 Å². The van der Waals surface area contributed by atoms with Crippen LogP contribution in [0.1, 0.15) is 11.3 Å². The zero-order valence-electron chi connectivity index (χ0n) is 10.3. The van der Waals surface area contributed by atoms with Crippen LogP contribution in [-0.2, 0) is 6.54 Å². The second kappa shape index (κ2) is 5.69. The van der Waals surface area contributed by atoms with Crippen LogP contribution in [0.2, 0.25) is 5.02 Å². The summed E-state index contributed by atoms with van der Waals surface area (Å²) < 4.78 is 5.29. The van der Waals surface area contributed by atoms with Crippen molar-refractivity contribution in [2.45, 2.75) is 13.5 Å². The van der Waals surface area contributed by atoms with Crippen LogP contribution in [0.15, 0.2) is 30.7 Å². The van der Waals surface area contributed by atoms with Gasteiger partial charge in [-0.15, -0.1) is 0 Å². The van der Waals surface area contributed by atoms with Gasteiger partial charge >= 0.3 is 0 Å². The van der Waals surface area contributed by atoms with Gasteiger partial charge in [0.15, 0.2) is 0 Å². The van der Waals surface area contributed by atoms with Crippen LogP contribution in [0.4, 0.5) is 5.69 Å². The Morgan fingerprint density at radius 1 is 1.39 bits per heavy atom. The highest BCUT2D eigenvalue weighted by molar-refractivity contribution is 6.31. The van der Waals surface area contributed by atoms with E-state index in [1.807, 2.05) is 19.1 Å². The number of methoxy groups -OCH3 is 1. The Labute approximate surface area is 111 Å². The number of hydrogen-bond acceptors (Lipinski definition) is 4. The average molecular weight is 264 g/mol. The Hall–Kier alpha value is -1.81. The highest BCUT2D eigenvalue weighted by Gasteiger charge is 2.06. The van der Waals surface area contributed by atoms with E-state index in [9.17, 15) is 0 Å². The van der Waals surface area contributed by atoms with Crippen LogP contribution >= 0.6 is 11.6 Å². The summed E-state index contributed by atoms with van der Waals surface area (Å²) in [6, 6.07) is 5.63. The Balaban J connectivity index is 2.16. The van der Waals surface area contributed by atoms with Gasteiger partial charge in [-0.2, -0.15) is 0 Å². The summed E-state index contributed by atoms with van der Waals surface area (Å²) in [6.45, 7) is 2.57. The first-order valence-corrected chi connectivity index (χ1v) is 5.91. The number of ether oxygens (including phenoxy) is 1. The lowest BCUT2D eigenvalue weighted by molar-refractivity contribution is 0.416. The summed E-state index contributed by atoms with van der Waals surface area (Å²) in [5.74, 6) is 0.722. The van der Waals surface area contributed by atoms with Gasteiger partial charge in [0, 0.05) is 17.3 Å². The summed E-state index contributed by atoms with van der Waals surface area (Å²) in [6.07, 6.45) is 3.25. The van der Waals surface area contributed by atoms with Crippen LogP contribution < -0.4 is 10.1 Å². The van der Waals surface area contributed by atoms with Crippen molar-refractivity contribution in [1.29, 1.82) is 0 Å².